The molecule has 5 aromatic rings. The van der Waals surface area contributed by atoms with E-state index in [0.717, 1.165) is 46.9 Å². The van der Waals surface area contributed by atoms with Gasteiger partial charge in [-0.1, -0.05) is 6.07 Å². The Morgan fingerprint density at radius 2 is 2.12 bits per heavy atom. The highest BCUT2D eigenvalue weighted by atomic mass is 32.1. The smallest absolute Gasteiger partial charge is 0.229 e. The van der Waals surface area contributed by atoms with E-state index in [9.17, 15) is 9.18 Å². The summed E-state index contributed by atoms with van der Waals surface area (Å²) in [6.45, 7) is 5.40. The van der Waals surface area contributed by atoms with Gasteiger partial charge in [0.1, 0.15) is 16.5 Å². The van der Waals surface area contributed by atoms with Crippen molar-refractivity contribution in [3.63, 3.8) is 0 Å². The second kappa shape index (κ2) is 10.6. The first kappa shape index (κ1) is 26.7. The molecule has 1 spiro atoms. The second-order valence-electron chi connectivity index (χ2n) is 11.2. The fourth-order valence-electron chi connectivity index (χ4n) is 6.24. The van der Waals surface area contributed by atoms with Crippen molar-refractivity contribution in [3.8, 4) is 5.82 Å². The number of pyridine rings is 1. The van der Waals surface area contributed by atoms with E-state index < -0.39 is 11.2 Å². The van der Waals surface area contributed by atoms with Crippen LogP contribution in [0.5, 0.6) is 0 Å². The van der Waals surface area contributed by atoms with Crippen molar-refractivity contribution in [1.29, 1.82) is 0 Å². The average molecular weight is 587 g/mol. The van der Waals surface area contributed by atoms with Gasteiger partial charge in [-0.3, -0.25) is 9.89 Å². The number of H-pyrrole nitrogens is 1. The number of rotatable bonds is 6. The zero-order valence-electron chi connectivity index (χ0n) is 23.3. The van der Waals surface area contributed by atoms with Crippen molar-refractivity contribution >= 4 is 39.1 Å². The van der Waals surface area contributed by atoms with Crippen molar-refractivity contribution in [3.05, 3.63) is 71.1 Å². The first-order valence-corrected chi connectivity index (χ1v) is 15.0. The molecule has 13 heteroatoms. The Morgan fingerprint density at radius 3 is 2.88 bits per heavy atom. The third kappa shape index (κ3) is 4.81. The van der Waals surface area contributed by atoms with Gasteiger partial charge in [0.05, 0.1) is 35.3 Å². The first-order valence-electron chi connectivity index (χ1n) is 14.1. The Balaban J connectivity index is 1.12. The van der Waals surface area contributed by atoms with Crippen LogP contribution >= 0.6 is 11.3 Å². The van der Waals surface area contributed by atoms with Gasteiger partial charge >= 0.3 is 0 Å². The van der Waals surface area contributed by atoms with Gasteiger partial charge in [-0.05, 0) is 69.2 Å². The molecule has 7 heterocycles. The van der Waals surface area contributed by atoms with E-state index in [4.69, 9.17) is 9.97 Å². The number of amides is 1. The number of thiophene rings is 1. The van der Waals surface area contributed by atoms with E-state index in [-0.39, 0.29) is 18.0 Å². The number of piperidine rings is 2. The summed E-state index contributed by atoms with van der Waals surface area (Å²) in [5.74, 6) is 2.38. The number of anilines is 2. The van der Waals surface area contributed by atoms with Crippen molar-refractivity contribution < 1.29 is 9.18 Å². The Hall–Kier alpha value is -4.23. The molecule has 0 bridgehead atoms. The maximum atomic E-state index is 14.2. The van der Waals surface area contributed by atoms with Gasteiger partial charge in [0, 0.05) is 24.5 Å². The van der Waals surface area contributed by atoms with Gasteiger partial charge < -0.3 is 15.5 Å². The number of likely N-dealkylation sites (tertiary alicyclic amines) is 1. The summed E-state index contributed by atoms with van der Waals surface area (Å²) >= 11 is 1.57. The van der Waals surface area contributed by atoms with Crippen LogP contribution in [0.25, 0.3) is 16.0 Å². The lowest BCUT2D eigenvalue weighted by molar-refractivity contribution is -0.152. The molecule has 0 aromatic carbocycles. The zero-order valence-corrected chi connectivity index (χ0v) is 24.2. The van der Waals surface area contributed by atoms with Crippen LogP contribution in [-0.4, -0.2) is 58.8 Å². The number of aryl methyl sites for hydroxylation is 1. The van der Waals surface area contributed by atoms with Crippen molar-refractivity contribution in [2.75, 3.05) is 18.4 Å². The average Bonchev–Trinajstić information content (AvgIpc) is 3.76. The molecule has 3 atom stereocenters. The summed E-state index contributed by atoms with van der Waals surface area (Å²) in [6.07, 6.45) is 7.36. The normalized spacial score (nSPS) is 21.7. The summed E-state index contributed by atoms with van der Waals surface area (Å²) in [6, 6.07) is 7.39. The van der Waals surface area contributed by atoms with Crippen molar-refractivity contribution in [2.45, 2.75) is 51.6 Å². The molecule has 3 N–H and O–H groups in total. The molecule has 5 aromatic heterocycles. The molecule has 3 unspecified atom stereocenters. The minimum absolute atomic E-state index is 0.147. The molecule has 2 fully saturated rings. The molecular formula is C29H31FN10OS. The lowest BCUT2D eigenvalue weighted by Crippen LogP contribution is -2.54. The lowest BCUT2D eigenvalue weighted by atomic mass is 9.69. The molecule has 0 radical (unpaired) electrons. The van der Waals surface area contributed by atoms with Crippen LogP contribution in [0.3, 0.4) is 0 Å². The minimum atomic E-state index is -0.483. The quantitative estimate of drug-likeness (QED) is 0.254. The highest BCUT2D eigenvalue weighted by Crippen LogP contribution is 2.46. The van der Waals surface area contributed by atoms with Gasteiger partial charge in [-0.15, -0.1) is 11.3 Å². The molecular weight excluding hydrogens is 555 g/mol. The molecule has 2 aliphatic rings. The number of aromatic amines is 1. The molecule has 7 rings (SSSR count). The summed E-state index contributed by atoms with van der Waals surface area (Å²) in [7, 11) is 0. The highest BCUT2D eigenvalue weighted by Gasteiger charge is 2.48. The number of nitrogens with one attached hydrogen (secondary N) is 3. The van der Waals surface area contributed by atoms with E-state index in [1.165, 1.54) is 10.9 Å². The number of fused-ring (bicyclic) bond motifs is 1. The molecule has 0 aliphatic carbocycles. The topological polar surface area (TPSA) is 130 Å². The molecule has 2 saturated heterocycles. The molecule has 42 heavy (non-hydrogen) atoms. The fraction of sp³-hybridized carbons (Fsp3) is 0.379. The minimum Gasteiger partial charge on any atom is -0.335 e. The number of hydrogen-bond donors (Lipinski definition) is 3. The molecule has 2 aliphatic heterocycles. The highest BCUT2D eigenvalue weighted by molar-refractivity contribution is 7.16. The monoisotopic (exact) mass is 586 g/mol. The number of hydrogen-bond acceptors (Lipinski definition) is 9. The Morgan fingerprint density at radius 1 is 1.21 bits per heavy atom. The maximum absolute atomic E-state index is 14.2. The van der Waals surface area contributed by atoms with Crippen LogP contribution in [0, 0.1) is 18.2 Å². The summed E-state index contributed by atoms with van der Waals surface area (Å²) in [5.41, 5.74) is 1.40. The van der Waals surface area contributed by atoms with Gasteiger partial charge in [0.2, 0.25) is 5.91 Å². The van der Waals surface area contributed by atoms with Crippen LogP contribution in [0.4, 0.5) is 16.0 Å². The lowest BCUT2D eigenvalue weighted by Gasteiger charge is -2.47. The van der Waals surface area contributed by atoms with Crippen LogP contribution in [-0.2, 0) is 4.79 Å². The molecule has 11 nitrogen and oxygen atoms in total. The van der Waals surface area contributed by atoms with E-state index in [1.807, 2.05) is 42.3 Å². The standard InChI is InChI=1S/C29H31FN10OS/c1-17-12-23(38-37-17)34-25-21-6-11-42-27(21)36-26(35-25)22-13-29(8-9-31-22)7-3-10-39(28(29)41)18(2)19-4-5-24(32-14-19)40-16-20(30)15-33-40/h4-6,11-12,14-16,18,22,31H,3,7-10,13H2,1-2H3,(H2,34,35,36,37,38). The van der Waals surface area contributed by atoms with E-state index in [0.29, 0.717) is 42.8 Å². The van der Waals surface area contributed by atoms with Crippen molar-refractivity contribution in [2.24, 2.45) is 5.41 Å². The number of nitrogens with zero attached hydrogens (tertiary/aromatic N) is 7. The number of carbonyl (C=O) groups is 1. The largest absolute Gasteiger partial charge is 0.335 e. The Bertz CT molecular complexity index is 1740. The summed E-state index contributed by atoms with van der Waals surface area (Å²) < 4.78 is 14.8. The maximum Gasteiger partial charge on any atom is 0.229 e. The van der Waals surface area contributed by atoms with Crippen molar-refractivity contribution in [1.82, 2.24) is 45.1 Å². The fourth-order valence-corrected chi connectivity index (χ4v) is 7.01. The second-order valence-corrected chi connectivity index (χ2v) is 12.1. The molecule has 216 valence electrons. The molecule has 1 amide bonds. The Kier molecular flexibility index (Phi) is 6.70. The van der Waals surface area contributed by atoms with Crippen LogP contribution in [0.1, 0.15) is 61.8 Å². The first-order chi connectivity index (χ1) is 20.4. The third-order valence-corrected chi connectivity index (χ3v) is 9.28. The number of aromatic nitrogens is 7. The van der Waals surface area contributed by atoms with Gasteiger partial charge in [0.25, 0.3) is 0 Å². The molecule has 0 saturated carbocycles. The van der Waals surface area contributed by atoms with Gasteiger partial charge in [-0.2, -0.15) is 10.2 Å². The van der Waals surface area contributed by atoms with Crippen LogP contribution in [0.15, 0.2) is 48.2 Å². The summed E-state index contributed by atoms with van der Waals surface area (Å²) in [5, 5.41) is 21.2. The Labute approximate surface area is 245 Å². The van der Waals surface area contributed by atoms with Gasteiger partial charge in [0.15, 0.2) is 17.5 Å². The van der Waals surface area contributed by atoms with E-state index >= 15 is 0 Å². The van der Waals surface area contributed by atoms with Crippen LogP contribution < -0.4 is 10.6 Å². The number of carbonyl (C=O) groups excluding carboxylic acids is 1. The van der Waals surface area contributed by atoms with E-state index in [1.54, 1.807) is 23.6 Å². The predicted molar refractivity (Wildman–Crippen MR) is 157 cm³/mol. The number of halogens is 1. The predicted octanol–water partition coefficient (Wildman–Crippen LogP) is 4.98. The van der Waals surface area contributed by atoms with E-state index in [2.05, 4.69) is 30.9 Å². The third-order valence-electron chi connectivity index (χ3n) is 8.47. The van der Waals surface area contributed by atoms with Crippen LogP contribution in [0.2, 0.25) is 0 Å². The zero-order chi connectivity index (χ0) is 28.8. The van der Waals surface area contributed by atoms with Gasteiger partial charge in [-0.25, -0.2) is 24.0 Å². The SMILES string of the molecule is Cc1cc(Nc2nc(C3CC4(CCCN(C(C)c5ccc(-n6cc(F)cn6)nc5)C4=O)CCN3)nc3sccc23)n[nH]1. The summed E-state index contributed by atoms with van der Waals surface area (Å²) in [4.78, 5) is 31.5.